The number of halogens is 1. The predicted octanol–water partition coefficient (Wildman–Crippen LogP) is 2.59. The first-order valence-corrected chi connectivity index (χ1v) is 8.16. The predicted molar refractivity (Wildman–Crippen MR) is 72.5 cm³/mol. The van der Waals surface area contributed by atoms with Gasteiger partial charge in [0, 0.05) is 17.6 Å². The molecular weight excluding hydrogens is 302 g/mol. The highest BCUT2D eigenvalue weighted by molar-refractivity contribution is 9.10. The molecule has 1 aliphatic heterocycles. The Kier molecular flexibility index (Phi) is 3.90. The van der Waals surface area contributed by atoms with E-state index in [4.69, 9.17) is 0 Å². The van der Waals surface area contributed by atoms with Crippen molar-refractivity contribution in [1.29, 1.82) is 0 Å². The molecule has 1 atom stereocenters. The molecule has 1 heterocycles. The minimum Gasteiger partial charge on any atom is -0.212 e. The van der Waals surface area contributed by atoms with Crippen molar-refractivity contribution in [2.75, 3.05) is 18.8 Å². The molecule has 0 spiro atoms. The molecule has 94 valence electrons. The fourth-order valence-corrected chi connectivity index (χ4v) is 3.59. The molecule has 0 aromatic heterocycles. The average Bonchev–Trinajstić information content (AvgIpc) is 2.80. The zero-order valence-corrected chi connectivity index (χ0v) is 12.2. The van der Waals surface area contributed by atoms with Gasteiger partial charge >= 0.3 is 0 Å². The van der Waals surface area contributed by atoms with Gasteiger partial charge in [0.05, 0.1) is 5.75 Å². The fourth-order valence-electron chi connectivity index (χ4n) is 2.17. The first kappa shape index (κ1) is 13.1. The molecule has 0 radical (unpaired) electrons. The van der Waals surface area contributed by atoms with Gasteiger partial charge < -0.3 is 0 Å². The van der Waals surface area contributed by atoms with E-state index in [9.17, 15) is 8.42 Å². The van der Waals surface area contributed by atoms with Crippen LogP contribution in [-0.4, -0.2) is 31.6 Å². The first-order chi connectivity index (χ1) is 8.03. The third kappa shape index (κ3) is 2.89. The molecule has 0 aliphatic carbocycles. The summed E-state index contributed by atoms with van der Waals surface area (Å²) in [6.45, 7) is 2.97. The van der Waals surface area contributed by atoms with Crippen LogP contribution < -0.4 is 0 Å². The Bertz CT molecular complexity index is 484. The summed E-state index contributed by atoms with van der Waals surface area (Å²) in [6.07, 6.45) is 0.918. The van der Waals surface area contributed by atoms with Crippen LogP contribution in [0, 0.1) is 0 Å². The Hall–Kier alpha value is -0.390. The van der Waals surface area contributed by atoms with Crippen LogP contribution in [0.5, 0.6) is 0 Å². The quantitative estimate of drug-likeness (QED) is 0.859. The summed E-state index contributed by atoms with van der Waals surface area (Å²) < 4.78 is 26.2. The largest absolute Gasteiger partial charge is 0.213 e. The Balaban J connectivity index is 2.10. The third-order valence-electron chi connectivity index (χ3n) is 3.25. The van der Waals surface area contributed by atoms with Crippen molar-refractivity contribution in [3.05, 3.63) is 34.3 Å². The minimum absolute atomic E-state index is 0.195. The molecule has 1 aliphatic rings. The number of sulfonamides is 1. The maximum absolute atomic E-state index is 11.8. The molecule has 2 rings (SSSR count). The summed E-state index contributed by atoms with van der Waals surface area (Å²) in [7, 11) is -3.02. The second-order valence-corrected chi connectivity index (χ2v) is 7.47. The molecule has 5 heteroatoms. The summed E-state index contributed by atoms with van der Waals surface area (Å²) in [4.78, 5) is 0. The normalized spacial score (nSPS) is 21.9. The number of hydrogen-bond donors (Lipinski definition) is 0. The van der Waals surface area contributed by atoms with Gasteiger partial charge in [-0.05, 0) is 37.0 Å². The molecule has 0 amide bonds. The number of hydrogen-bond acceptors (Lipinski definition) is 2. The SMILES string of the molecule is CCS(=O)(=O)N1CCC(c2ccc(Br)cc2)C1. The number of benzene rings is 1. The minimum atomic E-state index is -3.02. The zero-order valence-electron chi connectivity index (χ0n) is 9.77. The van der Waals surface area contributed by atoms with Crippen molar-refractivity contribution in [1.82, 2.24) is 4.31 Å². The number of nitrogens with zero attached hydrogens (tertiary/aromatic N) is 1. The lowest BCUT2D eigenvalue weighted by Gasteiger charge is -2.15. The molecule has 1 aromatic carbocycles. The van der Waals surface area contributed by atoms with Gasteiger partial charge in [0.15, 0.2) is 0 Å². The maximum atomic E-state index is 11.8. The highest BCUT2D eigenvalue weighted by Gasteiger charge is 2.30. The lowest BCUT2D eigenvalue weighted by Crippen LogP contribution is -2.29. The van der Waals surface area contributed by atoms with Crippen LogP contribution in [0.1, 0.15) is 24.8 Å². The van der Waals surface area contributed by atoms with Gasteiger partial charge in [0.1, 0.15) is 0 Å². The molecular formula is C12H16BrNO2S. The van der Waals surface area contributed by atoms with E-state index in [-0.39, 0.29) is 5.75 Å². The first-order valence-electron chi connectivity index (χ1n) is 5.76. The maximum Gasteiger partial charge on any atom is 0.213 e. The van der Waals surface area contributed by atoms with Crippen LogP contribution in [0.25, 0.3) is 0 Å². The van der Waals surface area contributed by atoms with Crippen molar-refractivity contribution in [2.45, 2.75) is 19.3 Å². The fraction of sp³-hybridized carbons (Fsp3) is 0.500. The van der Waals surface area contributed by atoms with Crippen LogP contribution in [0.3, 0.4) is 0 Å². The van der Waals surface area contributed by atoms with Crippen molar-refractivity contribution >= 4 is 26.0 Å². The van der Waals surface area contributed by atoms with E-state index in [1.54, 1.807) is 11.2 Å². The second kappa shape index (κ2) is 5.08. The third-order valence-corrected chi connectivity index (χ3v) is 5.63. The summed E-state index contributed by atoms with van der Waals surface area (Å²) in [5, 5.41) is 0. The lowest BCUT2D eigenvalue weighted by atomic mass is 9.99. The average molecular weight is 318 g/mol. The van der Waals surface area contributed by atoms with Crippen LogP contribution in [0.2, 0.25) is 0 Å². The zero-order chi connectivity index (χ0) is 12.5. The molecule has 1 unspecified atom stereocenters. The Morgan fingerprint density at radius 3 is 2.59 bits per heavy atom. The van der Waals surface area contributed by atoms with Crippen molar-refractivity contribution in [2.24, 2.45) is 0 Å². The van der Waals surface area contributed by atoms with E-state index in [1.165, 1.54) is 5.56 Å². The highest BCUT2D eigenvalue weighted by atomic mass is 79.9. The van der Waals surface area contributed by atoms with Gasteiger partial charge in [-0.3, -0.25) is 0 Å². The number of rotatable bonds is 3. The van der Waals surface area contributed by atoms with Crippen LogP contribution in [0.15, 0.2) is 28.7 Å². The smallest absolute Gasteiger partial charge is 0.212 e. The summed E-state index contributed by atoms with van der Waals surface area (Å²) in [5.74, 6) is 0.532. The van der Waals surface area contributed by atoms with Crippen LogP contribution in [0.4, 0.5) is 0 Å². The van der Waals surface area contributed by atoms with Crippen LogP contribution >= 0.6 is 15.9 Å². The van der Waals surface area contributed by atoms with E-state index in [2.05, 4.69) is 28.1 Å². The molecule has 1 fully saturated rings. The highest BCUT2D eigenvalue weighted by Crippen LogP contribution is 2.29. The van der Waals surface area contributed by atoms with Crippen LogP contribution in [-0.2, 0) is 10.0 Å². The summed E-state index contributed by atoms with van der Waals surface area (Å²) in [5.41, 5.74) is 1.22. The molecule has 0 bridgehead atoms. The van der Waals surface area contributed by atoms with Gasteiger partial charge in [-0.1, -0.05) is 28.1 Å². The van der Waals surface area contributed by atoms with E-state index in [0.29, 0.717) is 19.0 Å². The molecule has 1 saturated heterocycles. The Labute approximate surface area is 111 Å². The van der Waals surface area contributed by atoms with Crippen molar-refractivity contribution in [3.63, 3.8) is 0 Å². The molecule has 1 aromatic rings. The van der Waals surface area contributed by atoms with E-state index in [1.807, 2.05) is 12.1 Å². The Morgan fingerprint density at radius 1 is 1.35 bits per heavy atom. The summed E-state index contributed by atoms with van der Waals surface area (Å²) >= 11 is 3.40. The van der Waals surface area contributed by atoms with Crippen molar-refractivity contribution in [3.8, 4) is 0 Å². The van der Waals surface area contributed by atoms with E-state index >= 15 is 0 Å². The molecule has 0 N–H and O–H groups in total. The lowest BCUT2D eigenvalue weighted by molar-refractivity contribution is 0.474. The van der Waals surface area contributed by atoms with Gasteiger partial charge in [-0.2, -0.15) is 0 Å². The molecule has 3 nitrogen and oxygen atoms in total. The second-order valence-electron chi connectivity index (χ2n) is 4.30. The monoisotopic (exact) mass is 317 g/mol. The van der Waals surface area contributed by atoms with E-state index < -0.39 is 10.0 Å². The van der Waals surface area contributed by atoms with Crippen molar-refractivity contribution < 1.29 is 8.42 Å². The van der Waals surface area contributed by atoms with E-state index in [0.717, 1.165) is 10.9 Å². The van der Waals surface area contributed by atoms with Gasteiger partial charge in [-0.25, -0.2) is 12.7 Å². The Morgan fingerprint density at radius 2 is 2.00 bits per heavy atom. The summed E-state index contributed by atoms with van der Waals surface area (Å²) in [6, 6.07) is 8.15. The topological polar surface area (TPSA) is 37.4 Å². The van der Waals surface area contributed by atoms with Gasteiger partial charge in [0.2, 0.25) is 10.0 Å². The standard InChI is InChI=1S/C12H16BrNO2S/c1-2-17(15,16)14-8-7-11(9-14)10-3-5-12(13)6-4-10/h3-6,11H,2,7-9H2,1H3. The molecule has 17 heavy (non-hydrogen) atoms. The van der Waals surface area contributed by atoms with Gasteiger partial charge in [-0.15, -0.1) is 0 Å². The molecule has 0 saturated carbocycles. The van der Waals surface area contributed by atoms with Gasteiger partial charge in [0.25, 0.3) is 0 Å².